The van der Waals surface area contributed by atoms with Gasteiger partial charge in [-0.25, -0.2) is 14.2 Å². The van der Waals surface area contributed by atoms with Crippen LogP contribution in [-0.4, -0.2) is 76.5 Å². The van der Waals surface area contributed by atoms with Gasteiger partial charge in [0, 0.05) is 19.3 Å². The number of benzene rings is 1. The number of aliphatic hydroxyl groups excluding tert-OH is 1. The molecule has 4 N–H and O–H groups in total. The topological polar surface area (TPSA) is 140 Å². The summed E-state index contributed by atoms with van der Waals surface area (Å²) in [6, 6.07) is 5.83. The summed E-state index contributed by atoms with van der Waals surface area (Å²) in [6.45, 7) is -1.28. The first-order valence-electron chi connectivity index (χ1n) is 10.9. The summed E-state index contributed by atoms with van der Waals surface area (Å²) in [6.07, 6.45) is 2.29. The summed E-state index contributed by atoms with van der Waals surface area (Å²) in [5.74, 6) is -4.28. The molecule has 2 heterocycles. The lowest BCUT2D eigenvalue weighted by Gasteiger charge is -2.30. The van der Waals surface area contributed by atoms with E-state index in [1.165, 1.54) is 0 Å². The quantitative estimate of drug-likeness (QED) is 0.359. The molecule has 0 aliphatic carbocycles. The summed E-state index contributed by atoms with van der Waals surface area (Å²) in [5, 5.41) is 19.4. The Morgan fingerprint density at radius 1 is 1.29 bits per heavy atom. The van der Waals surface area contributed by atoms with Crippen molar-refractivity contribution in [3.63, 3.8) is 0 Å². The molecule has 0 spiro atoms. The van der Waals surface area contributed by atoms with E-state index in [-0.39, 0.29) is 37.4 Å². The smallest absolute Gasteiger partial charge is 0.267 e. The Bertz CT molecular complexity index is 1060. The van der Waals surface area contributed by atoms with Crippen molar-refractivity contribution in [1.82, 2.24) is 21.0 Å². The predicted molar refractivity (Wildman–Crippen MR) is 120 cm³/mol. The van der Waals surface area contributed by atoms with Gasteiger partial charge in [-0.3, -0.25) is 19.2 Å². The Hall–Kier alpha value is -3.85. The van der Waals surface area contributed by atoms with E-state index in [1.54, 1.807) is 30.3 Å². The molecular formula is C23H25F2N5O5. The van der Waals surface area contributed by atoms with E-state index in [2.05, 4.69) is 27.1 Å². The Labute approximate surface area is 200 Å². The third kappa shape index (κ3) is 6.60. The first-order chi connectivity index (χ1) is 16.6. The monoisotopic (exact) mass is 489 g/mol. The molecule has 3 atom stereocenters. The second-order valence-corrected chi connectivity index (χ2v) is 8.27. The molecule has 4 amide bonds. The molecule has 0 radical (unpaired) electrons. The minimum Gasteiger partial charge on any atom is -0.381 e. The number of likely N-dealkylation sites (tertiary alicyclic amines) is 1. The minimum absolute atomic E-state index is 0.0124. The van der Waals surface area contributed by atoms with E-state index in [4.69, 9.17) is 6.42 Å². The van der Waals surface area contributed by atoms with E-state index in [0.717, 1.165) is 0 Å². The summed E-state index contributed by atoms with van der Waals surface area (Å²) in [7, 11) is 0. The molecule has 0 saturated carbocycles. The molecule has 1 aromatic carbocycles. The molecule has 1 fully saturated rings. The third-order valence-electron chi connectivity index (χ3n) is 5.64. The highest BCUT2D eigenvalue weighted by molar-refractivity contribution is 6.39. The normalized spacial score (nSPS) is 20.6. The molecule has 186 valence electrons. The standard InChI is InChI=1S/C23H25F2N5O5/c1-2-10-26-21(34)17-12-23(24,25)13-30(17)22(35)19(32)16(11-14-6-4-3-5-7-14)27-20(33)15-8-9-18(31)29-28-15/h1,3-7,16-17,19,32H,8-13H2,(H,26,34)(H,27,33)(H,29,31)/t16-,17-,19-/m0/s1. The zero-order chi connectivity index (χ0) is 25.6. The van der Waals surface area contributed by atoms with Crippen molar-refractivity contribution in [3.05, 3.63) is 35.9 Å². The van der Waals surface area contributed by atoms with Crippen LogP contribution in [0.15, 0.2) is 35.4 Å². The molecule has 1 saturated heterocycles. The number of hydrazone groups is 1. The highest BCUT2D eigenvalue weighted by Crippen LogP contribution is 2.33. The molecule has 2 aliphatic heterocycles. The molecule has 3 rings (SSSR count). The summed E-state index contributed by atoms with van der Waals surface area (Å²) < 4.78 is 28.3. The fourth-order valence-corrected chi connectivity index (χ4v) is 3.88. The number of alkyl halides is 2. The van der Waals surface area contributed by atoms with Gasteiger partial charge < -0.3 is 20.6 Å². The first-order valence-corrected chi connectivity index (χ1v) is 10.9. The number of halogens is 2. The van der Waals surface area contributed by atoms with Gasteiger partial charge in [0.25, 0.3) is 17.7 Å². The largest absolute Gasteiger partial charge is 0.381 e. The predicted octanol–water partition coefficient (Wildman–Crippen LogP) is -0.674. The van der Waals surface area contributed by atoms with E-state index in [9.17, 15) is 33.1 Å². The maximum absolute atomic E-state index is 14.2. The van der Waals surface area contributed by atoms with Crippen molar-refractivity contribution in [3.8, 4) is 12.3 Å². The summed E-state index contributed by atoms with van der Waals surface area (Å²) >= 11 is 0. The van der Waals surface area contributed by atoms with E-state index < -0.39 is 54.8 Å². The van der Waals surface area contributed by atoms with E-state index in [0.29, 0.717) is 10.5 Å². The number of hydrogen-bond donors (Lipinski definition) is 4. The Morgan fingerprint density at radius 2 is 2.00 bits per heavy atom. The van der Waals surface area contributed by atoms with Crippen molar-refractivity contribution in [2.24, 2.45) is 5.10 Å². The summed E-state index contributed by atoms with van der Waals surface area (Å²) in [4.78, 5) is 50.1. The average Bonchev–Trinajstić information content (AvgIpc) is 3.17. The zero-order valence-electron chi connectivity index (χ0n) is 18.7. The average molecular weight is 489 g/mol. The van der Waals surface area contributed by atoms with Crippen LogP contribution in [-0.2, 0) is 25.6 Å². The number of nitrogens with one attached hydrogen (secondary N) is 3. The van der Waals surface area contributed by atoms with Gasteiger partial charge in [-0.05, 0) is 12.0 Å². The maximum atomic E-state index is 14.2. The van der Waals surface area contributed by atoms with Crippen molar-refractivity contribution in [2.75, 3.05) is 13.1 Å². The number of hydrogen-bond acceptors (Lipinski definition) is 6. The van der Waals surface area contributed by atoms with E-state index >= 15 is 0 Å². The zero-order valence-corrected chi connectivity index (χ0v) is 18.7. The molecule has 0 bridgehead atoms. The molecule has 35 heavy (non-hydrogen) atoms. The maximum Gasteiger partial charge on any atom is 0.267 e. The molecule has 1 aromatic rings. The highest BCUT2D eigenvalue weighted by atomic mass is 19.3. The van der Waals surface area contributed by atoms with Crippen LogP contribution in [0.25, 0.3) is 0 Å². The van der Waals surface area contributed by atoms with Gasteiger partial charge in [0.2, 0.25) is 11.8 Å². The number of carbonyl (C=O) groups is 4. The number of terminal acetylenes is 1. The van der Waals surface area contributed by atoms with Gasteiger partial charge in [-0.2, -0.15) is 5.10 Å². The van der Waals surface area contributed by atoms with Gasteiger partial charge >= 0.3 is 0 Å². The molecule has 0 unspecified atom stereocenters. The van der Waals surface area contributed by atoms with Crippen LogP contribution in [0.5, 0.6) is 0 Å². The molecule has 0 aromatic heterocycles. The first kappa shape index (κ1) is 25.8. The van der Waals surface area contributed by atoms with Gasteiger partial charge in [-0.15, -0.1) is 6.42 Å². The number of rotatable bonds is 8. The van der Waals surface area contributed by atoms with Gasteiger partial charge in [-0.1, -0.05) is 36.3 Å². The molecule has 10 nitrogen and oxygen atoms in total. The van der Waals surface area contributed by atoms with Crippen LogP contribution in [0.3, 0.4) is 0 Å². The van der Waals surface area contributed by atoms with Gasteiger partial charge in [0.05, 0.1) is 19.1 Å². The van der Waals surface area contributed by atoms with Crippen molar-refractivity contribution in [2.45, 2.75) is 49.8 Å². The molecule has 12 heteroatoms. The lowest BCUT2D eigenvalue weighted by Crippen LogP contribution is -2.56. The number of nitrogens with zero attached hydrogens (tertiary/aromatic N) is 2. The number of aliphatic hydroxyl groups is 1. The highest BCUT2D eigenvalue weighted by Gasteiger charge is 2.51. The van der Waals surface area contributed by atoms with Crippen LogP contribution in [0.2, 0.25) is 0 Å². The third-order valence-corrected chi connectivity index (χ3v) is 5.64. The second kappa shape index (κ2) is 11.1. The Balaban J connectivity index is 1.82. The van der Waals surface area contributed by atoms with Gasteiger partial charge in [0.1, 0.15) is 11.8 Å². The van der Waals surface area contributed by atoms with E-state index in [1.807, 2.05) is 0 Å². The lowest BCUT2D eigenvalue weighted by molar-refractivity contribution is -0.147. The van der Waals surface area contributed by atoms with Crippen LogP contribution in [0, 0.1) is 12.3 Å². The molecule has 2 aliphatic rings. The SMILES string of the molecule is C#CCNC(=O)[C@@H]1CC(F)(F)CN1C(=O)[C@@H](O)[C@H](Cc1ccccc1)NC(=O)C1=NNC(=O)CC1. The number of amides is 4. The van der Waals surface area contributed by atoms with Crippen molar-refractivity contribution < 1.29 is 33.1 Å². The van der Waals surface area contributed by atoms with Crippen LogP contribution >= 0.6 is 0 Å². The van der Waals surface area contributed by atoms with Crippen molar-refractivity contribution in [1.29, 1.82) is 0 Å². The van der Waals surface area contributed by atoms with Gasteiger partial charge in [0.15, 0.2) is 6.10 Å². The molecular weight excluding hydrogens is 464 g/mol. The lowest BCUT2D eigenvalue weighted by atomic mass is 9.99. The van der Waals surface area contributed by atoms with Crippen LogP contribution < -0.4 is 16.1 Å². The Kier molecular flexibility index (Phi) is 8.14. The van der Waals surface area contributed by atoms with Crippen molar-refractivity contribution >= 4 is 29.3 Å². The second-order valence-electron chi connectivity index (χ2n) is 8.27. The number of carbonyl (C=O) groups excluding carboxylic acids is 4. The minimum atomic E-state index is -3.35. The fraction of sp³-hybridized carbons (Fsp3) is 0.435. The summed E-state index contributed by atoms with van der Waals surface area (Å²) in [5.41, 5.74) is 2.82. The Morgan fingerprint density at radius 3 is 2.63 bits per heavy atom. The fourth-order valence-electron chi connectivity index (χ4n) is 3.88. The van der Waals surface area contributed by atoms with Crippen LogP contribution in [0.1, 0.15) is 24.8 Å². The van der Waals surface area contributed by atoms with Crippen LogP contribution in [0.4, 0.5) is 8.78 Å².